The van der Waals surface area contributed by atoms with Gasteiger partial charge >= 0.3 is 5.69 Å². The lowest BCUT2D eigenvalue weighted by molar-refractivity contribution is 0.0700. The molecule has 140 valence electrons. The fraction of sp³-hybridized carbons (Fsp3) is 0.368. The topological polar surface area (TPSA) is 88.8 Å². The van der Waals surface area contributed by atoms with Crippen LogP contribution in [-0.4, -0.2) is 48.2 Å². The van der Waals surface area contributed by atoms with Crippen molar-refractivity contribution in [3.8, 4) is 0 Å². The Morgan fingerprint density at radius 3 is 2.63 bits per heavy atom. The van der Waals surface area contributed by atoms with Gasteiger partial charge in [-0.1, -0.05) is 30.3 Å². The van der Waals surface area contributed by atoms with Crippen LogP contribution in [0.3, 0.4) is 0 Å². The lowest BCUT2D eigenvalue weighted by atomic mass is 9.95. The molecule has 0 unspecified atom stereocenters. The van der Waals surface area contributed by atoms with Crippen LogP contribution >= 0.6 is 0 Å². The molecule has 1 amide bonds. The number of aryl methyl sites for hydroxylation is 1. The van der Waals surface area contributed by atoms with Gasteiger partial charge in [0.1, 0.15) is 11.5 Å². The number of aromatic nitrogens is 5. The number of H-pyrrole nitrogens is 1. The minimum absolute atomic E-state index is 0.00264. The van der Waals surface area contributed by atoms with Crippen LogP contribution in [0.1, 0.15) is 40.6 Å². The highest BCUT2D eigenvalue weighted by Crippen LogP contribution is 2.27. The highest BCUT2D eigenvalue weighted by atomic mass is 16.2. The maximum absolute atomic E-state index is 12.6. The largest absolute Gasteiger partial charge is 0.343 e. The summed E-state index contributed by atoms with van der Waals surface area (Å²) in [5.41, 5.74) is 1.46. The molecule has 8 heteroatoms. The Labute approximate surface area is 156 Å². The van der Waals surface area contributed by atoms with Gasteiger partial charge in [0, 0.05) is 26.1 Å². The number of carbonyl (C=O) groups excluding carboxylic acids is 1. The predicted molar refractivity (Wildman–Crippen MR) is 99.5 cm³/mol. The third-order valence-electron chi connectivity index (χ3n) is 5.15. The summed E-state index contributed by atoms with van der Waals surface area (Å²) in [5.74, 6) is 0.928. The van der Waals surface area contributed by atoms with Gasteiger partial charge in [0.15, 0.2) is 0 Å². The van der Waals surface area contributed by atoms with E-state index in [1.807, 2.05) is 42.3 Å². The van der Waals surface area contributed by atoms with Crippen LogP contribution in [0.25, 0.3) is 0 Å². The zero-order chi connectivity index (χ0) is 18.8. The summed E-state index contributed by atoms with van der Waals surface area (Å²) in [6.45, 7) is 1.78. The molecule has 0 saturated carbocycles. The first-order valence-corrected chi connectivity index (χ1v) is 9.08. The molecule has 2 aromatic heterocycles. The average Bonchev–Trinajstić information content (AvgIpc) is 3.28. The van der Waals surface area contributed by atoms with Crippen LogP contribution < -0.4 is 5.69 Å². The van der Waals surface area contributed by atoms with E-state index in [0.29, 0.717) is 25.3 Å². The molecule has 0 radical (unpaired) electrons. The second-order valence-electron chi connectivity index (χ2n) is 6.91. The standard InChI is InChI=1S/C19H22N6O2/c1-23-13-20-11-16(23)18(26)24-9-7-15(8-10-24)17-21-22-19(27)25(17)12-14-5-3-2-4-6-14/h2-6,11,13,15H,7-10,12H2,1H3,(H,22,27). The van der Waals surface area contributed by atoms with E-state index in [0.717, 1.165) is 24.2 Å². The van der Waals surface area contributed by atoms with Gasteiger partial charge in [-0.25, -0.2) is 14.9 Å². The Balaban J connectivity index is 1.47. The lowest BCUT2D eigenvalue weighted by Crippen LogP contribution is -2.39. The molecule has 0 spiro atoms. The fourth-order valence-corrected chi connectivity index (χ4v) is 3.63. The maximum Gasteiger partial charge on any atom is 0.343 e. The second kappa shape index (κ2) is 7.22. The highest BCUT2D eigenvalue weighted by Gasteiger charge is 2.29. The van der Waals surface area contributed by atoms with Gasteiger partial charge in [0.05, 0.1) is 19.1 Å². The Morgan fingerprint density at radius 1 is 1.22 bits per heavy atom. The van der Waals surface area contributed by atoms with Crippen molar-refractivity contribution in [3.63, 3.8) is 0 Å². The summed E-state index contributed by atoms with van der Waals surface area (Å²) >= 11 is 0. The van der Waals surface area contributed by atoms with Gasteiger partial charge in [0.2, 0.25) is 0 Å². The summed E-state index contributed by atoms with van der Waals surface area (Å²) in [5, 5.41) is 6.86. The van der Waals surface area contributed by atoms with Crippen LogP contribution in [0.4, 0.5) is 0 Å². The lowest BCUT2D eigenvalue weighted by Gasteiger charge is -2.31. The van der Waals surface area contributed by atoms with E-state index in [-0.39, 0.29) is 17.5 Å². The number of carbonyl (C=O) groups is 1. The monoisotopic (exact) mass is 366 g/mol. The molecule has 1 fully saturated rings. The quantitative estimate of drug-likeness (QED) is 0.755. The summed E-state index contributed by atoms with van der Waals surface area (Å²) in [4.78, 5) is 30.7. The number of aromatic amines is 1. The van der Waals surface area contributed by atoms with Gasteiger partial charge < -0.3 is 9.47 Å². The number of hydrogen-bond acceptors (Lipinski definition) is 4. The van der Waals surface area contributed by atoms with E-state index >= 15 is 0 Å². The van der Waals surface area contributed by atoms with Crippen molar-refractivity contribution in [1.29, 1.82) is 0 Å². The van der Waals surface area contributed by atoms with Crippen molar-refractivity contribution in [3.05, 3.63) is 70.4 Å². The van der Waals surface area contributed by atoms with Crippen LogP contribution in [-0.2, 0) is 13.6 Å². The van der Waals surface area contributed by atoms with Crippen LogP contribution in [0, 0.1) is 0 Å². The summed E-state index contributed by atoms with van der Waals surface area (Å²) in [6, 6.07) is 9.87. The first-order chi connectivity index (χ1) is 13.1. The maximum atomic E-state index is 12.6. The highest BCUT2D eigenvalue weighted by molar-refractivity contribution is 5.92. The Hall–Kier alpha value is -3.16. The number of nitrogens with one attached hydrogen (secondary N) is 1. The van der Waals surface area contributed by atoms with Crippen LogP contribution in [0.2, 0.25) is 0 Å². The second-order valence-corrected chi connectivity index (χ2v) is 6.91. The molecule has 0 aliphatic carbocycles. The summed E-state index contributed by atoms with van der Waals surface area (Å²) in [7, 11) is 1.82. The van der Waals surface area contributed by atoms with Crippen molar-refractivity contribution in [2.75, 3.05) is 13.1 Å². The molecule has 0 bridgehead atoms. The van der Waals surface area contributed by atoms with E-state index in [2.05, 4.69) is 15.2 Å². The molecular weight excluding hydrogens is 344 g/mol. The van der Waals surface area contributed by atoms with E-state index in [1.165, 1.54) is 0 Å². The molecule has 0 atom stereocenters. The molecule has 3 heterocycles. The van der Waals surface area contributed by atoms with Crippen LogP contribution in [0.15, 0.2) is 47.7 Å². The van der Waals surface area contributed by atoms with Crippen molar-refractivity contribution < 1.29 is 4.79 Å². The molecule has 3 aromatic rings. The normalized spacial score (nSPS) is 15.2. The fourth-order valence-electron chi connectivity index (χ4n) is 3.63. The molecule has 1 aliphatic rings. The van der Waals surface area contributed by atoms with E-state index in [4.69, 9.17) is 0 Å². The Morgan fingerprint density at radius 2 is 1.96 bits per heavy atom. The van der Waals surface area contributed by atoms with Gasteiger partial charge in [-0.2, -0.15) is 5.10 Å². The smallest absolute Gasteiger partial charge is 0.337 e. The van der Waals surface area contributed by atoms with Crippen molar-refractivity contribution in [1.82, 2.24) is 29.2 Å². The Kier molecular flexibility index (Phi) is 4.62. The van der Waals surface area contributed by atoms with Crippen molar-refractivity contribution in [2.24, 2.45) is 7.05 Å². The molecule has 1 saturated heterocycles. The van der Waals surface area contributed by atoms with E-state index < -0.39 is 0 Å². The number of imidazole rings is 1. The molecule has 1 aromatic carbocycles. The molecule has 1 N–H and O–H groups in total. The minimum Gasteiger partial charge on any atom is -0.337 e. The summed E-state index contributed by atoms with van der Waals surface area (Å²) < 4.78 is 3.44. The number of piperidine rings is 1. The Bertz CT molecular complexity index is 979. The third-order valence-corrected chi connectivity index (χ3v) is 5.15. The molecule has 4 rings (SSSR count). The number of benzene rings is 1. The van der Waals surface area contributed by atoms with Gasteiger partial charge in [0.25, 0.3) is 5.91 Å². The molecule has 8 nitrogen and oxygen atoms in total. The zero-order valence-electron chi connectivity index (χ0n) is 15.2. The number of nitrogens with zero attached hydrogens (tertiary/aromatic N) is 5. The third kappa shape index (κ3) is 3.42. The van der Waals surface area contributed by atoms with Gasteiger partial charge in [-0.15, -0.1) is 0 Å². The molecule has 27 heavy (non-hydrogen) atoms. The average molecular weight is 366 g/mol. The predicted octanol–water partition coefficient (Wildman–Crippen LogP) is 1.37. The molecular formula is C19H22N6O2. The minimum atomic E-state index is -0.192. The SMILES string of the molecule is Cn1cncc1C(=O)N1CCC(c2n[nH]c(=O)n2Cc2ccccc2)CC1. The van der Waals surface area contributed by atoms with E-state index in [9.17, 15) is 9.59 Å². The number of amides is 1. The van der Waals surface area contributed by atoms with E-state index in [1.54, 1.807) is 21.7 Å². The molecule has 1 aliphatic heterocycles. The number of hydrogen-bond donors (Lipinski definition) is 1. The van der Waals surface area contributed by atoms with Crippen LogP contribution in [0.5, 0.6) is 0 Å². The van der Waals surface area contributed by atoms with Gasteiger partial charge in [-0.05, 0) is 18.4 Å². The van der Waals surface area contributed by atoms with Gasteiger partial charge in [-0.3, -0.25) is 9.36 Å². The first kappa shape index (κ1) is 17.3. The van der Waals surface area contributed by atoms with Crippen molar-refractivity contribution in [2.45, 2.75) is 25.3 Å². The first-order valence-electron chi connectivity index (χ1n) is 9.08. The zero-order valence-corrected chi connectivity index (χ0v) is 15.2. The number of rotatable bonds is 4. The van der Waals surface area contributed by atoms with Crippen molar-refractivity contribution >= 4 is 5.91 Å². The number of likely N-dealkylation sites (tertiary alicyclic amines) is 1. The summed E-state index contributed by atoms with van der Waals surface area (Å²) in [6.07, 6.45) is 4.79.